The number of carbonyl (C=O) groups excluding carboxylic acids is 1. The molecule has 0 aliphatic heterocycles. The fourth-order valence-corrected chi connectivity index (χ4v) is 0.361. The third-order valence-corrected chi connectivity index (χ3v) is 0.671. The first-order valence-electron chi connectivity index (χ1n) is 2.06. The van der Waals surface area contributed by atoms with Gasteiger partial charge in [0.1, 0.15) is 6.26 Å². The molecule has 1 radical (unpaired) electrons. The Morgan fingerprint density at radius 2 is 2.62 bits per heavy atom. The second-order valence-electron chi connectivity index (χ2n) is 1.26. The summed E-state index contributed by atoms with van der Waals surface area (Å²) in [4.78, 5) is 13.8. The standard InChI is InChI=1S/C5H4NO2/c1-4(7)5-6-2-3-8-5/h2-3H,1H2. The van der Waals surface area contributed by atoms with Crippen LogP contribution in [0.1, 0.15) is 10.7 Å². The van der Waals surface area contributed by atoms with E-state index in [9.17, 15) is 4.79 Å². The highest BCUT2D eigenvalue weighted by Crippen LogP contribution is 1.92. The minimum absolute atomic E-state index is 0.0602. The van der Waals surface area contributed by atoms with Crippen molar-refractivity contribution < 1.29 is 9.21 Å². The van der Waals surface area contributed by atoms with Gasteiger partial charge in [0.15, 0.2) is 0 Å². The largest absolute Gasteiger partial charge is 0.442 e. The molecule has 1 aromatic rings. The summed E-state index contributed by atoms with van der Waals surface area (Å²) >= 11 is 0. The van der Waals surface area contributed by atoms with Crippen LogP contribution in [-0.4, -0.2) is 10.8 Å². The van der Waals surface area contributed by atoms with Gasteiger partial charge in [0.25, 0.3) is 5.89 Å². The number of nitrogens with zero attached hydrogens (tertiary/aromatic N) is 1. The van der Waals surface area contributed by atoms with Crippen molar-refractivity contribution in [2.75, 3.05) is 0 Å². The lowest BCUT2D eigenvalue weighted by Crippen LogP contribution is -1.89. The van der Waals surface area contributed by atoms with Gasteiger partial charge in [-0.3, -0.25) is 4.79 Å². The Hall–Kier alpha value is -1.12. The normalized spacial score (nSPS) is 9.12. The summed E-state index contributed by atoms with van der Waals surface area (Å²) < 4.78 is 4.57. The molecule has 3 heteroatoms. The van der Waals surface area contributed by atoms with Crippen molar-refractivity contribution >= 4 is 5.78 Å². The van der Waals surface area contributed by atoms with Gasteiger partial charge in [0, 0.05) is 6.92 Å². The second-order valence-corrected chi connectivity index (χ2v) is 1.26. The predicted octanol–water partition coefficient (Wildman–Crippen LogP) is 0.691. The molecule has 0 bridgehead atoms. The fourth-order valence-electron chi connectivity index (χ4n) is 0.361. The molecule has 0 fully saturated rings. The van der Waals surface area contributed by atoms with Crippen LogP contribution in [0.3, 0.4) is 0 Å². The number of hydrogen-bond acceptors (Lipinski definition) is 3. The van der Waals surface area contributed by atoms with Crippen LogP contribution in [0.5, 0.6) is 0 Å². The van der Waals surface area contributed by atoms with Gasteiger partial charge in [0.05, 0.1) is 6.20 Å². The summed E-state index contributed by atoms with van der Waals surface area (Å²) in [6.45, 7) is 3.09. The summed E-state index contributed by atoms with van der Waals surface area (Å²) in [5.41, 5.74) is 0. The lowest BCUT2D eigenvalue weighted by atomic mass is 10.5. The molecule has 0 unspecified atom stereocenters. The van der Waals surface area contributed by atoms with Crippen LogP contribution >= 0.6 is 0 Å². The molecule has 1 aromatic heterocycles. The Kier molecular flexibility index (Phi) is 1.12. The van der Waals surface area contributed by atoms with E-state index in [0.717, 1.165) is 0 Å². The van der Waals surface area contributed by atoms with Gasteiger partial charge >= 0.3 is 0 Å². The van der Waals surface area contributed by atoms with E-state index in [1.165, 1.54) is 12.5 Å². The highest BCUT2D eigenvalue weighted by Gasteiger charge is 2.00. The predicted molar refractivity (Wildman–Crippen MR) is 26.2 cm³/mol. The molecule has 0 aromatic carbocycles. The average Bonchev–Trinajstić information content (AvgIpc) is 2.12. The number of ketones is 1. The maximum absolute atomic E-state index is 10.2. The van der Waals surface area contributed by atoms with Gasteiger partial charge in [-0.05, 0) is 0 Å². The van der Waals surface area contributed by atoms with E-state index < -0.39 is 5.78 Å². The lowest BCUT2D eigenvalue weighted by Gasteiger charge is -1.77. The molecule has 0 saturated heterocycles. The van der Waals surface area contributed by atoms with Crippen molar-refractivity contribution in [3.05, 3.63) is 25.3 Å². The van der Waals surface area contributed by atoms with E-state index in [1.54, 1.807) is 0 Å². The fraction of sp³-hybridized carbons (Fsp3) is 0. The summed E-state index contributed by atoms with van der Waals surface area (Å²) in [5, 5.41) is 0. The maximum atomic E-state index is 10.2. The third kappa shape index (κ3) is 0.753. The maximum Gasteiger partial charge on any atom is 0.263 e. The van der Waals surface area contributed by atoms with E-state index in [4.69, 9.17) is 0 Å². The zero-order valence-electron chi connectivity index (χ0n) is 4.13. The molecule has 3 nitrogen and oxygen atoms in total. The van der Waals surface area contributed by atoms with Crippen molar-refractivity contribution in [2.45, 2.75) is 0 Å². The second kappa shape index (κ2) is 1.78. The minimum atomic E-state index is -0.394. The van der Waals surface area contributed by atoms with E-state index in [0.29, 0.717) is 0 Å². The monoisotopic (exact) mass is 110 g/mol. The topological polar surface area (TPSA) is 43.1 Å². The van der Waals surface area contributed by atoms with Crippen molar-refractivity contribution in [3.8, 4) is 0 Å². The smallest absolute Gasteiger partial charge is 0.263 e. The first-order chi connectivity index (χ1) is 3.80. The third-order valence-electron chi connectivity index (χ3n) is 0.671. The van der Waals surface area contributed by atoms with Gasteiger partial charge in [-0.1, -0.05) is 0 Å². The number of aromatic nitrogens is 1. The number of rotatable bonds is 1. The summed E-state index contributed by atoms with van der Waals surface area (Å²) in [7, 11) is 0. The quantitative estimate of drug-likeness (QED) is 0.499. The number of oxazole rings is 1. The van der Waals surface area contributed by atoms with Crippen LogP contribution in [0.15, 0.2) is 16.9 Å². The minimum Gasteiger partial charge on any atom is -0.442 e. The van der Waals surface area contributed by atoms with E-state index in [1.807, 2.05) is 0 Å². The number of carbonyl (C=O) groups is 1. The SMILES string of the molecule is [CH2]C(=O)c1ncco1. The molecular weight excluding hydrogens is 106 g/mol. The lowest BCUT2D eigenvalue weighted by molar-refractivity contribution is 0.101. The van der Waals surface area contributed by atoms with Crippen molar-refractivity contribution in [3.63, 3.8) is 0 Å². The van der Waals surface area contributed by atoms with Crippen LogP contribution in [0.25, 0.3) is 0 Å². The zero-order chi connectivity index (χ0) is 5.98. The molecular formula is C5H4NO2. The molecule has 41 valence electrons. The molecule has 0 atom stereocenters. The van der Waals surface area contributed by atoms with Gasteiger partial charge < -0.3 is 4.42 Å². The van der Waals surface area contributed by atoms with Crippen LogP contribution in [0.4, 0.5) is 0 Å². The van der Waals surface area contributed by atoms with E-state index >= 15 is 0 Å². The van der Waals surface area contributed by atoms with Crippen molar-refractivity contribution in [1.29, 1.82) is 0 Å². The number of hydrogen-bond donors (Lipinski definition) is 0. The molecule has 8 heavy (non-hydrogen) atoms. The van der Waals surface area contributed by atoms with Crippen LogP contribution in [0.2, 0.25) is 0 Å². The molecule has 0 spiro atoms. The molecule has 1 rings (SSSR count). The Morgan fingerprint density at radius 1 is 1.88 bits per heavy atom. The Bertz CT molecular complexity index is 178. The molecule has 0 aliphatic carbocycles. The molecule has 0 aliphatic rings. The van der Waals surface area contributed by atoms with Gasteiger partial charge in [0.2, 0.25) is 5.78 Å². The first kappa shape index (κ1) is 5.03. The highest BCUT2D eigenvalue weighted by atomic mass is 16.3. The summed E-state index contributed by atoms with van der Waals surface area (Å²) in [5.74, 6) is -0.333. The number of Topliss-reactive ketones (excluding diaryl/α,β-unsaturated/α-hetero) is 1. The van der Waals surface area contributed by atoms with Crippen molar-refractivity contribution in [2.24, 2.45) is 0 Å². The van der Waals surface area contributed by atoms with Gasteiger partial charge in [-0.2, -0.15) is 0 Å². The molecule has 0 N–H and O–H groups in total. The molecule has 1 heterocycles. The van der Waals surface area contributed by atoms with Gasteiger partial charge in [-0.25, -0.2) is 4.98 Å². The van der Waals surface area contributed by atoms with Crippen molar-refractivity contribution in [1.82, 2.24) is 4.98 Å². The highest BCUT2D eigenvalue weighted by molar-refractivity contribution is 5.94. The molecule has 0 saturated carbocycles. The zero-order valence-corrected chi connectivity index (χ0v) is 4.13. The van der Waals surface area contributed by atoms with E-state index in [2.05, 4.69) is 16.3 Å². The Labute approximate surface area is 46.3 Å². The van der Waals surface area contributed by atoms with Crippen LogP contribution in [0, 0.1) is 6.92 Å². The first-order valence-corrected chi connectivity index (χ1v) is 2.06. The summed E-state index contributed by atoms with van der Waals surface area (Å²) in [6, 6.07) is 0. The van der Waals surface area contributed by atoms with E-state index in [-0.39, 0.29) is 5.89 Å². The Balaban J connectivity index is 2.93. The average molecular weight is 110 g/mol. The molecule has 0 amide bonds. The van der Waals surface area contributed by atoms with Gasteiger partial charge in [-0.15, -0.1) is 0 Å². The van der Waals surface area contributed by atoms with Crippen LogP contribution in [-0.2, 0) is 0 Å². The van der Waals surface area contributed by atoms with Crippen LogP contribution < -0.4 is 0 Å². The summed E-state index contributed by atoms with van der Waals surface area (Å²) in [6.07, 6.45) is 2.73. The Morgan fingerprint density at radius 3 is 2.88 bits per heavy atom.